The molecule has 2 N–H and O–H groups in total. The number of carboxylic acid groups (broad SMARTS) is 1. The molecule has 0 amide bonds. The van der Waals surface area contributed by atoms with Gasteiger partial charge in [-0.05, 0) is 12.1 Å². The second-order valence-corrected chi connectivity index (χ2v) is 5.62. The van der Waals surface area contributed by atoms with E-state index in [1.165, 1.54) is 23.1 Å². The summed E-state index contributed by atoms with van der Waals surface area (Å²) in [5.41, 5.74) is 0.386. The minimum absolute atomic E-state index is 0.386. The van der Waals surface area contributed by atoms with E-state index in [4.69, 9.17) is 10.2 Å². The summed E-state index contributed by atoms with van der Waals surface area (Å²) in [5, 5.41) is 21.1. The van der Waals surface area contributed by atoms with Gasteiger partial charge in [0.2, 0.25) is 5.76 Å². The maximum atomic E-state index is 11.9. The lowest BCUT2D eigenvalue weighted by Crippen LogP contribution is -2.03. The molecule has 102 valence electrons. The van der Waals surface area contributed by atoms with Gasteiger partial charge in [-0.25, -0.2) is 4.79 Å². The van der Waals surface area contributed by atoms with Gasteiger partial charge >= 0.3 is 5.97 Å². The van der Waals surface area contributed by atoms with E-state index in [9.17, 15) is 9.59 Å². The summed E-state index contributed by atoms with van der Waals surface area (Å²) < 4.78 is 0. The molecule has 2 rings (SSSR count). The lowest BCUT2D eigenvalue weighted by molar-refractivity contribution is -0.135. The number of carbonyl (C=O) groups is 2. The molecule has 2 aromatic rings. The molecule has 0 fully saturated rings. The van der Waals surface area contributed by atoms with Gasteiger partial charge in [0.25, 0.3) is 0 Å². The number of carboxylic acids is 1. The highest BCUT2D eigenvalue weighted by molar-refractivity contribution is 7.99. The lowest BCUT2D eigenvalue weighted by atomic mass is 10.2. The van der Waals surface area contributed by atoms with Crippen LogP contribution in [0.1, 0.15) is 10.4 Å². The standard InChI is InChI=1S/C14H10O4S2/c15-11(6-12(16)14(17)18)10-7-19-8-13(10)20-9-4-2-1-3-5-9/h1-8,16H,(H,17,18). The molecule has 6 heteroatoms. The summed E-state index contributed by atoms with van der Waals surface area (Å²) in [6.45, 7) is 0. The Labute approximate surface area is 123 Å². The van der Waals surface area contributed by atoms with Crippen molar-refractivity contribution in [3.63, 3.8) is 0 Å². The van der Waals surface area contributed by atoms with Crippen LogP contribution in [0.2, 0.25) is 0 Å². The fraction of sp³-hybridized carbons (Fsp3) is 0. The van der Waals surface area contributed by atoms with Crippen LogP contribution in [0.25, 0.3) is 0 Å². The molecular formula is C14H10O4S2. The van der Waals surface area contributed by atoms with Crippen LogP contribution >= 0.6 is 23.1 Å². The van der Waals surface area contributed by atoms with Crippen LogP contribution in [-0.2, 0) is 4.79 Å². The maximum Gasteiger partial charge on any atom is 0.371 e. The van der Waals surface area contributed by atoms with Crippen LogP contribution in [0.5, 0.6) is 0 Å². The van der Waals surface area contributed by atoms with Gasteiger partial charge in [-0.3, -0.25) is 4.79 Å². The Kier molecular flexibility index (Phi) is 4.60. The minimum atomic E-state index is -1.52. The third kappa shape index (κ3) is 3.49. The topological polar surface area (TPSA) is 74.6 Å². The Balaban J connectivity index is 2.23. The van der Waals surface area contributed by atoms with Crippen molar-refractivity contribution in [1.29, 1.82) is 0 Å². The number of ketones is 1. The highest BCUT2D eigenvalue weighted by atomic mass is 32.2. The molecule has 1 aromatic heterocycles. The van der Waals surface area contributed by atoms with Gasteiger partial charge in [0.1, 0.15) is 0 Å². The van der Waals surface area contributed by atoms with Crippen LogP contribution in [0.4, 0.5) is 0 Å². The normalized spacial score (nSPS) is 11.3. The number of aliphatic carboxylic acids is 1. The number of allylic oxidation sites excluding steroid dienone is 1. The molecule has 0 atom stereocenters. The predicted molar refractivity (Wildman–Crippen MR) is 77.6 cm³/mol. The number of aliphatic hydroxyl groups excluding tert-OH is 1. The largest absolute Gasteiger partial charge is 0.502 e. The molecule has 0 saturated heterocycles. The van der Waals surface area contributed by atoms with E-state index < -0.39 is 17.5 Å². The number of aliphatic hydroxyl groups is 1. The van der Waals surface area contributed by atoms with Crippen molar-refractivity contribution in [2.75, 3.05) is 0 Å². The number of thiophene rings is 1. The van der Waals surface area contributed by atoms with Crippen LogP contribution in [0, 0.1) is 0 Å². The number of carbonyl (C=O) groups excluding carboxylic acids is 1. The monoisotopic (exact) mass is 306 g/mol. The zero-order valence-electron chi connectivity index (χ0n) is 10.1. The first kappa shape index (κ1) is 14.4. The van der Waals surface area contributed by atoms with Gasteiger partial charge in [-0.15, -0.1) is 0 Å². The first-order valence-corrected chi connectivity index (χ1v) is 7.31. The highest BCUT2D eigenvalue weighted by Gasteiger charge is 2.14. The molecule has 0 aliphatic carbocycles. The van der Waals surface area contributed by atoms with Crippen LogP contribution in [0.15, 0.2) is 62.7 Å². The number of benzene rings is 1. The lowest BCUT2D eigenvalue weighted by Gasteiger charge is -2.01. The molecule has 0 aliphatic heterocycles. The Morgan fingerprint density at radius 2 is 1.80 bits per heavy atom. The van der Waals surface area contributed by atoms with Crippen molar-refractivity contribution >= 4 is 34.9 Å². The van der Waals surface area contributed by atoms with Crippen LogP contribution < -0.4 is 0 Å². The average molecular weight is 306 g/mol. The molecule has 0 spiro atoms. The van der Waals surface area contributed by atoms with E-state index in [0.29, 0.717) is 5.56 Å². The van der Waals surface area contributed by atoms with Crippen molar-refractivity contribution in [2.24, 2.45) is 0 Å². The Bertz CT molecular complexity index is 659. The molecular weight excluding hydrogens is 296 g/mol. The van der Waals surface area contributed by atoms with Gasteiger partial charge in [-0.1, -0.05) is 30.0 Å². The zero-order valence-corrected chi connectivity index (χ0v) is 11.8. The second kappa shape index (κ2) is 6.40. The first-order valence-electron chi connectivity index (χ1n) is 5.55. The predicted octanol–water partition coefficient (Wildman–Crippen LogP) is 3.61. The highest BCUT2D eigenvalue weighted by Crippen LogP contribution is 2.33. The SMILES string of the molecule is O=C(O)C(O)=CC(=O)c1cscc1Sc1ccccc1. The van der Waals surface area contributed by atoms with Crippen molar-refractivity contribution in [3.05, 3.63) is 58.5 Å². The summed E-state index contributed by atoms with van der Waals surface area (Å²) >= 11 is 2.77. The molecule has 20 heavy (non-hydrogen) atoms. The van der Waals surface area contributed by atoms with Crippen molar-refractivity contribution in [3.8, 4) is 0 Å². The second-order valence-electron chi connectivity index (χ2n) is 3.76. The van der Waals surface area contributed by atoms with Crippen molar-refractivity contribution in [1.82, 2.24) is 0 Å². The Hall–Kier alpha value is -2.05. The molecule has 4 nitrogen and oxygen atoms in total. The summed E-state index contributed by atoms with van der Waals surface area (Å²) in [5.74, 6) is -3.01. The van der Waals surface area contributed by atoms with Gasteiger partial charge < -0.3 is 10.2 Å². The Morgan fingerprint density at radius 3 is 2.45 bits per heavy atom. The van der Waals surface area contributed by atoms with E-state index in [1.54, 1.807) is 5.38 Å². The molecule has 1 heterocycles. The van der Waals surface area contributed by atoms with E-state index in [0.717, 1.165) is 15.9 Å². The fourth-order valence-corrected chi connectivity index (χ4v) is 3.37. The fourth-order valence-electron chi connectivity index (χ4n) is 1.42. The van der Waals surface area contributed by atoms with E-state index in [1.807, 2.05) is 35.7 Å². The van der Waals surface area contributed by atoms with E-state index >= 15 is 0 Å². The third-order valence-electron chi connectivity index (χ3n) is 2.35. The summed E-state index contributed by atoms with van der Waals surface area (Å²) in [6, 6.07) is 9.53. The molecule has 1 aromatic carbocycles. The zero-order chi connectivity index (χ0) is 14.5. The number of hydrogen-bond donors (Lipinski definition) is 2. The molecule has 0 aliphatic rings. The van der Waals surface area contributed by atoms with E-state index in [-0.39, 0.29) is 0 Å². The molecule has 0 saturated carbocycles. The molecule has 0 unspecified atom stereocenters. The van der Waals surface area contributed by atoms with Crippen LogP contribution in [-0.4, -0.2) is 22.0 Å². The molecule has 0 radical (unpaired) electrons. The minimum Gasteiger partial charge on any atom is -0.502 e. The molecule has 0 bridgehead atoms. The summed E-state index contributed by atoms with van der Waals surface area (Å²) in [6.07, 6.45) is 0.722. The average Bonchev–Trinajstić information content (AvgIpc) is 2.88. The first-order chi connectivity index (χ1) is 9.58. The summed E-state index contributed by atoms with van der Waals surface area (Å²) in [4.78, 5) is 24.1. The van der Waals surface area contributed by atoms with Crippen LogP contribution in [0.3, 0.4) is 0 Å². The van der Waals surface area contributed by atoms with E-state index in [2.05, 4.69) is 0 Å². The van der Waals surface area contributed by atoms with Gasteiger partial charge in [0.05, 0.1) is 0 Å². The van der Waals surface area contributed by atoms with Gasteiger partial charge in [0, 0.05) is 32.2 Å². The van der Waals surface area contributed by atoms with Gasteiger partial charge in [-0.2, -0.15) is 11.3 Å². The van der Waals surface area contributed by atoms with Gasteiger partial charge in [0.15, 0.2) is 5.78 Å². The summed E-state index contributed by atoms with van der Waals surface area (Å²) in [7, 11) is 0. The Morgan fingerprint density at radius 1 is 1.10 bits per heavy atom. The third-order valence-corrected chi connectivity index (χ3v) is 4.31. The quantitative estimate of drug-likeness (QED) is 0.501. The smallest absolute Gasteiger partial charge is 0.371 e. The van der Waals surface area contributed by atoms with Crippen molar-refractivity contribution in [2.45, 2.75) is 9.79 Å². The maximum absolute atomic E-state index is 11.9. The number of rotatable bonds is 5. The van der Waals surface area contributed by atoms with Crippen molar-refractivity contribution < 1.29 is 19.8 Å². The number of hydrogen-bond acceptors (Lipinski definition) is 5.